The quantitative estimate of drug-likeness (QED) is 0.837. The summed E-state index contributed by atoms with van der Waals surface area (Å²) in [5.74, 6) is -0.0442. The van der Waals surface area contributed by atoms with Gasteiger partial charge in [-0.25, -0.2) is 4.79 Å². The molecule has 0 spiro atoms. The zero-order chi connectivity index (χ0) is 19.4. The van der Waals surface area contributed by atoms with Gasteiger partial charge < -0.3 is 15.0 Å². The minimum atomic E-state index is -0.483. The maximum atomic E-state index is 13.3. The summed E-state index contributed by atoms with van der Waals surface area (Å²) in [5, 5.41) is 3.64. The number of rotatable bonds is 5. The van der Waals surface area contributed by atoms with Gasteiger partial charge in [-0.05, 0) is 31.0 Å². The van der Waals surface area contributed by atoms with Gasteiger partial charge in [0.2, 0.25) is 0 Å². The van der Waals surface area contributed by atoms with E-state index in [2.05, 4.69) is 12.2 Å². The molecule has 1 aromatic rings. The molecule has 0 saturated carbocycles. The average Bonchev–Trinajstić information content (AvgIpc) is 2.68. The Bertz CT molecular complexity index is 726. The summed E-state index contributed by atoms with van der Waals surface area (Å²) in [6.07, 6.45) is 1.86. The highest BCUT2D eigenvalue weighted by Crippen LogP contribution is 2.32. The van der Waals surface area contributed by atoms with Gasteiger partial charge in [0.1, 0.15) is 0 Å². The molecule has 0 aliphatic carbocycles. The number of unbranched alkanes of at least 4 members (excludes halogenated alkanes) is 1. The molecule has 7 heteroatoms. The van der Waals surface area contributed by atoms with Crippen molar-refractivity contribution >= 4 is 23.5 Å². The number of carbonyl (C=O) groups excluding carboxylic acids is 2. The molecule has 0 bridgehead atoms. The van der Waals surface area contributed by atoms with Crippen LogP contribution >= 0.6 is 11.6 Å². The van der Waals surface area contributed by atoms with Crippen LogP contribution in [0.25, 0.3) is 0 Å². The third-order valence-electron chi connectivity index (χ3n) is 5.06. The first-order valence-electron chi connectivity index (χ1n) is 9.44. The Balaban J connectivity index is 2.00. The second kappa shape index (κ2) is 8.76. The Morgan fingerprint density at radius 3 is 2.56 bits per heavy atom. The van der Waals surface area contributed by atoms with Gasteiger partial charge >= 0.3 is 6.03 Å². The summed E-state index contributed by atoms with van der Waals surface area (Å²) in [7, 11) is 0. The predicted octanol–water partition coefficient (Wildman–Crippen LogP) is 3.34. The summed E-state index contributed by atoms with van der Waals surface area (Å²) in [5.41, 5.74) is 2.19. The number of urea groups is 1. The van der Waals surface area contributed by atoms with Crippen LogP contribution in [-0.4, -0.2) is 54.6 Å². The van der Waals surface area contributed by atoms with E-state index < -0.39 is 6.04 Å². The molecule has 3 rings (SSSR count). The maximum absolute atomic E-state index is 13.3. The monoisotopic (exact) mass is 391 g/mol. The summed E-state index contributed by atoms with van der Waals surface area (Å²) in [6.45, 7) is 6.74. The number of carbonyl (C=O) groups is 2. The van der Waals surface area contributed by atoms with Crippen molar-refractivity contribution in [3.8, 4) is 0 Å². The lowest BCUT2D eigenvalue weighted by Crippen LogP contribution is -2.51. The number of nitrogens with zero attached hydrogens (tertiary/aromatic N) is 2. The number of nitrogens with one attached hydrogen (secondary N) is 1. The number of hydrogen-bond acceptors (Lipinski definition) is 3. The third kappa shape index (κ3) is 4.28. The van der Waals surface area contributed by atoms with Crippen molar-refractivity contribution in [2.75, 3.05) is 32.8 Å². The number of benzene rings is 1. The molecule has 2 aliphatic heterocycles. The minimum absolute atomic E-state index is 0.0442. The highest BCUT2D eigenvalue weighted by molar-refractivity contribution is 6.30. The van der Waals surface area contributed by atoms with Gasteiger partial charge in [0.25, 0.3) is 5.91 Å². The van der Waals surface area contributed by atoms with Crippen molar-refractivity contribution in [3.05, 3.63) is 46.1 Å². The van der Waals surface area contributed by atoms with Gasteiger partial charge in [-0.15, -0.1) is 0 Å². The van der Waals surface area contributed by atoms with Crippen LogP contribution in [-0.2, 0) is 9.53 Å². The number of halogens is 1. The van der Waals surface area contributed by atoms with Crippen LogP contribution in [0.3, 0.4) is 0 Å². The first-order chi connectivity index (χ1) is 13.0. The second-order valence-corrected chi connectivity index (χ2v) is 7.28. The van der Waals surface area contributed by atoms with E-state index in [0.29, 0.717) is 43.4 Å². The number of ether oxygens (including phenoxy) is 1. The molecule has 0 radical (unpaired) electrons. The SMILES string of the molecule is CCCCN1C(=O)NC(c2ccc(Cl)cc2)C(C(=O)N2CCOCC2)=C1C. The second-order valence-electron chi connectivity index (χ2n) is 6.84. The highest BCUT2D eigenvalue weighted by atomic mass is 35.5. The van der Waals surface area contributed by atoms with Gasteiger partial charge in [0, 0.05) is 30.4 Å². The summed E-state index contributed by atoms with van der Waals surface area (Å²) in [4.78, 5) is 29.6. The Morgan fingerprint density at radius 1 is 1.26 bits per heavy atom. The normalized spacial score (nSPS) is 20.7. The Labute approximate surface area is 165 Å². The number of amides is 3. The van der Waals surface area contributed by atoms with Crippen molar-refractivity contribution in [2.45, 2.75) is 32.7 Å². The molecular formula is C20H26ClN3O3. The molecule has 146 valence electrons. The predicted molar refractivity (Wildman–Crippen MR) is 104 cm³/mol. The van der Waals surface area contributed by atoms with E-state index in [4.69, 9.17) is 16.3 Å². The zero-order valence-electron chi connectivity index (χ0n) is 15.8. The van der Waals surface area contributed by atoms with Crippen LogP contribution in [0.4, 0.5) is 4.79 Å². The Hall–Kier alpha value is -2.05. The molecule has 1 N–H and O–H groups in total. The van der Waals surface area contributed by atoms with E-state index >= 15 is 0 Å². The molecule has 1 unspecified atom stereocenters. The molecule has 0 aromatic heterocycles. The average molecular weight is 392 g/mol. The van der Waals surface area contributed by atoms with E-state index in [-0.39, 0.29) is 11.9 Å². The lowest BCUT2D eigenvalue weighted by atomic mass is 9.93. The van der Waals surface area contributed by atoms with Crippen LogP contribution in [0.5, 0.6) is 0 Å². The number of hydrogen-bond donors (Lipinski definition) is 1. The van der Waals surface area contributed by atoms with Crippen molar-refractivity contribution in [1.82, 2.24) is 15.1 Å². The minimum Gasteiger partial charge on any atom is -0.378 e. The summed E-state index contributed by atoms with van der Waals surface area (Å²) < 4.78 is 5.38. The number of allylic oxidation sites excluding steroid dienone is 1. The van der Waals surface area contributed by atoms with Crippen LogP contribution in [0.15, 0.2) is 35.5 Å². The van der Waals surface area contributed by atoms with E-state index in [0.717, 1.165) is 24.1 Å². The smallest absolute Gasteiger partial charge is 0.322 e. The van der Waals surface area contributed by atoms with Crippen LogP contribution in [0.2, 0.25) is 5.02 Å². The van der Waals surface area contributed by atoms with E-state index in [1.807, 2.05) is 19.1 Å². The van der Waals surface area contributed by atoms with E-state index in [1.54, 1.807) is 21.9 Å². The molecule has 3 amide bonds. The molecule has 1 saturated heterocycles. The number of morpholine rings is 1. The van der Waals surface area contributed by atoms with Crippen molar-refractivity contribution in [2.24, 2.45) is 0 Å². The van der Waals surface area contributed by atoms with Crippen LogP contribution in [0.1, 0.15) is 38.3 Å². The van der Waals surface area contributed by atoms with Gasteiger partial charge in [-0.3, -0.25) is 9.69 Å². The van der Waals surface area contributed by atoms with Gasteiger partial charge in [0.05, 0.1) is 24.8 Å². The fraction of sp³-hybridized carbons (Fsp3) is 0.500. The maximum Gasteiger partial charge on any atom is 0.322 e. The van der Waals surface area contributed by atoms with E-state index in [9.17, 15) is 9.59 Å². The third-order valence-corrected chi connectivity index (χ3v) is 5.32. The first kappa shape index (κ1) is 19.7. The van der Waals surface area contributed by atoms with Crippen LogP contribution < -0.4 is 5.32 Å². The molecular weight excluding hydrogens is 366 g/mol. The van der Waals surface area contributed by atoms with Crippen molar-refractivity contribution in [1.29, 1.82) is 0 Å². The topological polar surface area (TPSA) is 61.9 Å². The first-order valence-corrected chi connectivity index (χ1v) is 9.82. The van der Waals surface area contributed by atoms with E-state index in [1.165, 1.54) is 0 Å². The molecule has 2 aliphatic rings. The van der Waals surface area contributed by atoms with Crippen LogP contribution in [0, 0.1) is 0 Å². The fourth-order valence-corrected chi connectivity index (χ4v) is 3.61. The molecule has 1 fully saturated rings. The molecule has 6 nitrogen and oxygen atoms in total. The lowest BCUT2D eigenvalue weighted by molar-refractivity contribution is -0.131. The van der Waals surface area contributed by atoms with Gasteiger partial charge in [0.15, 0.2) is 0 Å². The largest absolute Gasteiger partial charge is 0.378 e. The van der Waals surface area contributed by atoms with Gasteiger partial charge in [-0.1, -0.05) is 37.1 Å². The summed E-state index contributed by atoms with van der Waals surface area (Å²) >= 11 is 6.01. The standard InChI is InChI=1S/C20H26ClN3O3/c1-3-4-9-24-14(2)17(19(25)23-10-12-27-13-11-23)18(22-20(24)26)15-5-7-16(21)8-6-15/h5-8,18H,3-4,9-13H2,1-2H3,(H,22,26). The highest BCUT2D eigenvalue weighted by Gasteiger charge is 2.37. The van der Waals surface area contributed by atoms with Crippen molar-refractivity contribution in [3.63, 3.8) is 0 Å². The Kier molecular flexibility index (Phi) is 6.39. The molecule has 1 atom stereocenters. The molecule has 2 heterocycles. The fourth-order valence-electron chi connectivity index (χ4n) is 3.49. The molecule has 27 heavy (non-hydrogen) atoms. The van der Waals surface area contributed by atoms with Crippen molar-refractivity contribution < 1.29 is 14.3 Å². The van der Waals surface area contributed by atoms with Gasteiger partial charge in [-0.2, -0.15) is 0 Å². The zero-order valence-corrected chi connectivity index (χ0v) is 16.6. The molecule has 1 aromatic carbocycles. The lowest BCUT2D eigenvalue weighted by Gasteiger charge is -2.38. The summed E-state index contributed by atoms with van der Waals surface area (Å²) in [6, 6.07) is 6.61. The Morgan fingerprint density at radius 2 is 1.93 bits per heavy atom.